The Kier molecular flexibility index (Phi) is 6.03. The van der Waals surface area contributed by atoms with Crippen LogP contribution in [0, 0.1) is 5.82 Å². The molecule has 2 amide bonds. The maximum Gasteiger partial charge on any atom is 0.273 e. The van der Waals surface area contributed by atoms with Crippen molar-refractivity contribution >= 4 is 17.5 Å². The number of aromatic nitrogens is 3. The summed E-state index contributed by atoms with van der Waals surface area (Å²) in [6.45, 7) is 0.992. The quantitative estimate of drug-likeness (QED) is 0.607. The molecule has 4 rings (SSSR count). The summed E-state index contributed by atoms with van der Waals surface area (Å²) in [7, 11) is 0. The molecule has 1 fully saturated rings. The number of nitrogens with zero attached hydrogens (tertiary/aromatic N) is 4. The zero-order valence-corrected chi connectivity index (χ0v) is 16.7. The first-order valence-electron chi connectivity index (χ1n) is 10.0. The largest absolute Gasteiger partial charge is 0.386 e. The lowest BCUT2D eigenvalue weighted by Crippen LogP contribution is -2.24. The molecule has 8 nitrogen and oxygen atoms in total. The topological polar surface area (TPSA) is 100 Å². The highest BCUT2D eigenvalue weighted by Gasteiger charge is 2.21. The molecule has 2 aromatic carbocycles. The number of halogens is 1. The number of hydrogen-bond acceptors (Lipinski definition) is 5. The highest BCUT2D eigenvalue weighted by molar-refractivity contribution is 5.95. The molecular formula is C22H22FN5O3. The Morgan fingerprint density at radius 2 is 1.97 bits per heavy atom. The third-order valence-electron chi connectivity index (χ3n) is 5.17. The molecular weight excluding hydrogens is 401 g/mol. The number of aliphatic hydroxyl groups excluding tert-OH is 1. The molecule has 1 saturated heterocycles. The van der Waals surface area contributed by atoms with Crippen LogP contribution in [0.5, 0.6) is 0 Å². The van der Waals surface area contributed by atoms with Crippen molar-refractivity contribution in [3.05, 3.63) is 77.4 Å². The molecule has 3 aromatic rings. The lowest BCUT2D eigenvalue weighted by atomic mass is 10.1. The van der Waals surface area contributed by atoms with Gasteiger partial charge >= 0.3 is 0 Å². The fourth-order valence-corrected chi connectivity index (χ4v) is 3.50. The summed E-state index contributed by atoms with van der Waals surface area (Å²) in [6, 6.07) is 13.4. The molecule has 0 spiro atoms. The highest BCUT2D eigenvalue weighted by atomic mass is 19.1. The summed E-state index contributed by atoms with van der Waals surface area (Å²) in [4.78, 5) is 25.9. The molecule has 1 aliphatic heterocycles. The van der Waals surface area contributed by atoms with Crippen LogP contribution in [-0.2, 0) is 17.9 Å². The molecule has 0 unspecified atom stereocenters. The second-order valence-electron chi connectivity index (χ2n) is 7.36. The monoisotopic (exact) mass is 423 g/mol. The predicted molar refractivity (Wildman–Crippen MR) is 111 cm³/mol. The van der Waals surface area contributed by atoms with Crippen molar-refractivity contribution in [1.82, 2.24) is 20.3 Å². The van der Waals surface area contributed by atoms with E-state index in [1.165, 1.54) is 23.0 Å². The van der Waals surface area contributed by atoms with Crippen molar-refractivity contribution in [3.63, 3.8) is 0 Å². The Morgan fingerprint density at radius 1 is 1.19 bits per heavy atom. The van der Waals surface area contributed by atoms with E-state index in [0.29, 0.717) is 6.42 Å². The second-order valence-corrected chi connectivity index (χ2v) is 7.36. The van der Waals surface area contributed by atoms with Gasteiger partial charge in [0, 0.05) is 30.8 Å². The molecule has 0 radical (unpaired) electrons. The standard InChI is InChI=1S/C22H22FN5O3/c23-18-5-2-1-4-17(18)20(29)14-27-13-19(25-26-27)22(31)24-12-15-7-9-16(10-8-15)28-11-3-6-21(28)30/h1-2,4-5,7-10,13,20,29H,3,6,11-12,14H2,(H,24,31)/t20-/m1/s1. The molecule has 2 N–H and O–H groups in total. The number of anilines is 1. The fourth-order valence-electron chi connectivity index (χ4n) is 3.50. The smallest absolute Gasteiger partial charge is 0.273 e. The van der Waals surface area contributed by atoms with Crippen LogP contribution in [0.25, 0.3) is 0 Å². The molecule has 1 aromatic heterocycles. The zero-order chi connectivity index (χ0) is 21.8. The van der Waals surface area contributed by atoms with Gasteiger partial charge in [-0.25, -0.2) is 9.07 Å². The van der Waals surface area contributed by atoms with E-state index in [-0.39, 0.29) is 30.3 Å². The van der Waals surface area contributed by atoms with Crippen LogP contribution in [0.3, 0.4) is 0 Å². The Balaban J connectivity index is 1.32. The number of carbonyl (C=O) groups excluding carboxylic acids is 2. The Bertz CT molecular complexity index is 1080. The van der Waals surface area contributed by atoms with Gasteiger partial charge in [-0.3, -0.25) is 9.59 Å². The molecule has 160 valence electrons. The van der Waals surface area contributed by atoms with Gasteiger partial charge in [0.1, 0.15) is 11.9 Å². The van der Waals surface area contributed by atoms with Gasteiger partial charge in [0.25, 0.3) is 5.91 Å². The third kappa shape index (κ3) is 4.77. The van der Waals surface area contributed by atoms with Crippen molar-refractivity contribution in [2.75, 3.05) is 11.4 Å². The summed E-state index contributed by atoms with van der Waals surface area (Å²) in [6.07, 6.45) is 1.74. The van der Waals surface area contributed by atoms with Gasteiger partial charge in [-0.05, 0) is 30.2 Å². The first-order valence-corrected chi connectivity index (χ1v) is 10.0. The van der Waals surface area contributed by atoms with E-state index in [1.807, 2.05) is 24.3 Å². The summed E-state index contributed by atoms with van der Waals surface area (Å²) < 4.78 is 15.1. The van der Waals surface area contributed by atoms with Gasteiger partial charge in [0.05, 0.1) is 12.7 Å². The highest BCUT2D eigenvalue weighted by Crippen LogP contribution is 2.21. The van der Waals surface area contributed by atoms with Gasteiger partial charge in [-0.2, -0.15) is 0 Å². The molecule has 0 bridgehead atoms. The predicted octanol–water partition coefficient (Wildman–Crippen LogP) is 2.21. The maximum absolute atomic E-state index is 13.8. The minimum atomic E-state index is -1.11. The van der Waals surface area contributed by atoms with Crippen LogP contribution in [0.4, 0.5) is 10.1 Å². The fraction of sp³-hybridized carbons (Fsp3) is 0.273. The second kappa shape index (κ2) is 9.05. The van der Waals surface area contributed by atoms with E-state index >= 15 is 0 Å². The maximum atomic E-state index is 13.8. The summed E-state index contributed by atoms with van der Waals surface area (Å²) in [5, 5.41) is 20.6. The first-order chi connectivity index (χ1) is 15.0. The SMILES string of the molecule is O=C(NCc1ccc(N2CCCC2=O)cc1)c1cn(C[C@@H](O)c2ccccc2F)nn1. The van der Waals surface area contributed by atoms with E-state index in [4.69, 9.17) is 0 Å². The van der Waals surface area contributed by atoms with Crippen molar-refractivity contribution in [1.29, 1.82) is 0 Å². The Morgan fingerprint density at radius 3 is 2.68 bits per heavy atom. The number of nitrogens with one attached hydrogen (secondary N) is 1. The van der Waals surface area contributed by atoms with Gasteiger partial charge < -0.3 is 15.3 Å². The number of carbonyl (C=O) groups is 2. The van der Waals surface area contributed by atoms with E-state index in [1.54, 1.807) is 17.0 Å². The molecule has 0 saturated carbocycles. The van der Waals surface area contributed by atoms with Crippen molar-refractivity contribution < 1.29 is 19.1 Å². The summed E-state index contributed by atoms with van der Waals surface area (Å²) in [5.74, 6) is -0.789. The lowest BCUT2D eigenvalue weighted by Gasteiger charge is -2.16. The van der Waals surface area contributed by atoms with Gasteiger partial charge in [-0.1, -0.05) is 35.5 Å². The molecule has 9 heteroatoms. The van der Waals surface area contributed by atoms with Crippen molar-refractivity contribution in [2.45, 2.75) is 32.0 Å². The van der Waals surface area contributed by atoms with E-state index in [9.17, 15) is 19.1 Å². The Labute approximate surface area is 178 Å². The number of hydrogen-bond donors (Lipinski definition) is 2. The molecule has 2 heterocycles. The van der Waals surface area contributed by atoms with Gasteiger partial charge in [0.15, 0.2) is 5.69 Å². The van der Waals surface area contributed by atoms with E-state index < -0.39 is 17.8 Å². The number of aliphatic hydroxyl groups is 1. The van der Waals surface area contributed by atoms with Crippen LogP contribution in [-0.4, -0.2) is 38.5 Å². The lowest BCUT2D eigenvalue weighted by molar-refractivity contribution is -0.117. The van der Waals surface area contributed by atoms with Crippen LogP contribution in [0.1, 0.15) is 40.6 Å². The van der Waals surface area contributed by atoms with Crippen LogP contribution in [0.2, 0.25) is 0 Å². The number of amides is 2. The van der Waals surface area contributed by atoms with E-state index in [2.05, 4.69) is 15.6 Å². The number of rotatable bonds is 7. The van der Waals surface area contributed by atoms with Gasteiger partial charge in [0.2, 0.25) is 5.91 Å². The van der Waals surface area contributed by atoms with Crippen LogP contribution >= 0.6 is 0 Å². The molecule has 1 atom stereocenters. The minimum absolute atomic E-state index is 0.0299. The first kappa shape index (κ1) is 20.7. The average molecular weight is 423 g/mol. The van der Waals surface area contributed by atoms with Gasteiger partial charge in [-0.15, -0.1) is 5.10 Å². The minimum Gasteiger partial charge on any atom is -0.386 e. The van der Waals surface area contributed by atoms with Crippen molar-refractivity contribution in [2.24, 2.45) is 0 Å². The average Bonchev–Trinajstić information content (AvgIpc) is 3.42. The third-order valence-corrected chi connectivity index (χ3v) is 5.17. The Hall–Kier alpha value is -3.59. The van der Waals surface area contributed by atoms with Crippen LogP contribution in [0.15, 0.2) is 54.7 Å². The summed E-state index contributed by atoms with van der Waals surface area (Å²) >= 11 is 0. The summed E-state index contributed by atoms with van der Waals surface area (Å²) in [5.41, 5.74) is 1.99. The normalized spacial score (nSPS) is 14.6. The molecule has 0 aliphatic carbocycles. The van der Waals surface area contributed by atoms with Crippen LogP contribution < -0.4 is 10.2 Å². The zero-order valence-electron chi connectivity index (χ0n) is 16.7. The van der Waals surface area contributed by atoms with E-state index in [0.717, 1.165) is 24.2 Å². The molecule has 1 aliphatic rings. The number of benzene rings is 2. The molecule has 31 heavy (non-hydrogen) atoms. The van der Waals surface area contributed by atoms with Crippen molar-refractivity contribution in [3.8, 4) is 0 Å².